The van der Waals surface area contributed by atoms with E-state index in [0.717, 1.165) is 37.2 Å². The molecular formula is C16H20N2O3. The Morgan fingerprint density at radius 2 is 2.19 bits per heavy atom. The van der Waals surface area contributed by atoms with Crippen LogP contribution in [0.1, 0.15) is 30.4 Å². The van der Waals surface area contributed by atoms with Crippen LogP contribution < -0.4 is 4.90 Å². The second-order valence-electron chi connectivity index (χ2n) is 5.31. The fourth-order valence-electron chi connectivity index (χ4n) is 2.56. The van der Waals surface area contributed by atoms with Crippen LogP contribution in [0, 0.1) is 18.3 Å². The molecule has 1 fully saturated rings. The monoisotopic (exact) mass is 288 g/mol. The van der Waals surface area contributed by atoms with Gasteiger partial charge in [-0.3, -0.25) is 4.79 Å². The summed E-state index contributed by atoms with van der Waals surface area (Å²) >= 11 is 0. The molecule has 0 atom stereocenters. The Morgan fingerprint density at radius 1 is 1.48 bits per heavy atom. The lowest BCUT2D eigenvalue weighted by atomic mass is 10.0. The first-order valence-electron chi connectivity index (χ1n) is 7.19. The number of rotatable bonds is 5. The first kappa shape index (κ1) is 15.3. The third-order valence-corrected chi connectivity index (χ3v) is 3.81. The molecule has 0 unspecified atom stereocenters. The van der Waals surface area contributed by atoms with Crippen LogP contribution in [0.5, 0.6) is 0 Å². The van der Waals surface area contributed by atoms with Crippen LogP contribution in [0.25, 0.3) is 0 Å². The maximum atomic E-state index is 10.5. The minimum absolute atomic E-state index is 0.0645. The van der Waals surface area contributed by atoms with Crippen molar-refractivity contribution in [2.75, 3.05) is 24.6 Å². The molecule has 1 aromatic carbocycles. The van der Waals surface area contributed by atoms with Gasteiger partial charge < -0.3 is 14.7 Å². The molecule has 1 aliphatic rings. The third kappa shape index (κ3) is 4.20. The summed E-state index contributed by atoms with van der Waals surface area (Å²) in [6, 6.07) is 8.07. The van der Waals surface area contributed by atoms with Gasteiger partial charge in [0.1, 0.15) is 0 Å². The highest BCUT2D eigenvalue weighted by Gasteiger charge is 2.20. The van der Waals surface area contributed by atoms with Crippen molar-refractivity contribution < 1.29 is 14.6 Å². The lowest BCUT2D eigenvalue weighted by molar-refractivity contribution is -0.138. The van der Waals surface area contributed by atoms with Crippen LogP contribution >= 0.6 is 0 Å². The Hall–Kier alpha value is -2.06. The van der Waals surface area contributed by atoms with Gasteiger partial charge >= 0.3 is 5.97 Å². The Kier molecular flexibility index (Phi) is 5.18. The normalized spacial score (nSPS) is 15.7. The Balaban J connectivity index is 1.85. The molecule has 0 amide bonds. The van der Waals surface area contributed by atoms with E-state index in [-0.39, 0.29) is 19.1 Å². The van der Waals surface area contributed by atoms with Crippen molar-refractivity contribution in [1.82, 2.24) is 0 Å². The van der Waals surface area contributed by atoms with Crippen molar-refractivity contribution in [3.8, 4) is 6.07 Å². The quantitative estimate of drug-likeness (QED) is 0.900. The molecule has 0 aliphatic carbocycles. The number of carbonyl (C=O) groups is 1. The van der Waals surface area contributed by atoms with E-state index in [1.807, 2.05) is 25.1 Å². The Labute approximate surface area is 124 Å². The number of piperidine rings is 1. The molecular weight excluding hydrogens is 268 g/mol. The van der Waals surface area contributed by atoms with Crippen LogP contribution in [-0.4, -0.2) is 36.9 Å². The summed E-state index contributed by atoms with van der Waals surface area (Å²) < 4.78 is 5.59. The molecule has 0 spiro atoms. The summed E-state index contributed by atoms with van der Waals surface area (Å²) in [5.74, 6) is -0.819. The zero-order valence-corrected chi connectivity index (χ0v) is 12.2. The van der Waals surface area contributed by atoms with Crippen molar-refractivity contribution >= 4 is 11.7 Å². The fraction of sp³-hybridized carbons (Fsp3) is 0.500. The predicted molar refractivity (Wildman–Crippen MR) is 79.3 cm³/mol. The smallest absolute Gasteiger partial charge is 0.305 e. The number of carboxylic acids is 1. The van der Waals surface area contributed by atoms with Crippen molar-refractivity contribution in [3.63, 3.8) is 0 Å². The summed E-state index contributed by atoms with van der Waals surface area (Å²) in [6.45, 7) is 4.02. The molecule has 5 heteroatoms. The Bertz CT molecular complexity index is 543. The van der Waals surface area contributed by atoms with E-state index in [0.29, 0.717) is 5.56 Å². The van der Waals surface area contributed by atoms with Crippen molar-refractivity contribution in [2.24, 2.45) is 0 Å². The second kappa shape index (κ2) is 7.09. The van der Waals surface area contributed by atoms with E-state index >= 15 is 0 Å². The van der Waals surface area contributed by atoms with Crippen molar-refractivity contribution in [3.05, 3.63) is 29.3 Å². The van der Waals surface area contributed by atoms with Gasteiger partial charge in [0.15, 0.2) is 0 Å². The number of carboxylic acid groups (broad SMARTS) is 1. The molecule has 0 saturated carbocycles. The molecule has 0 aromatic heterocycles. The summed E-state index contributed by atoms with van der Waals surface area (Å²) in [4.78, 5) is 12.7. The second-order valence-corrected chi connectivity index (χ2v) is 5.31. The highest BCUT2D eigenvalue weighted by Crippen LogP contribution is 2.23. The largest absolute Gasteiger partial charge is 0.481 e. The highest BCUT2D eigenvalue weighted by molar-refractivity contribution is 5.66. The van der Waals surface area contributed by atoms with E-state index in [9.17, 15) is 4.79 Å². The fourth-order valence-corrected chi connectivity index (χ4v) is 2.56. The van der Waals surface area contributed by atoms with Crippen molar-refractivity contribution in [1.29, 1.82) is 5.26 Å². The first-order chi connectivity index (χ1) is 10.1. The van der Waals surface area contributed by atoms with Gasteiger partial charge in [0.2, 0.25) is 0 Å². The lowest BCUT2D eigenvalue weighted by Crippen LogP contribution is -2.37. The van der Waals surface area contributed by atoms with Gasteiger partial charge in [-0.1, -0.05) is 0 Å². The number of nitriles is 1. The zero-order chi connectivity index (χ0) is 15.2. The van der Waals surface area contributed by atoms with Crippen LogP contribution in [0.2, 0.25) is 0 Å². The highest BCUT2D eigenvalue weighted by atomic mass is 16.5. The Morgan fingerprint density at radius 3 is 2.76 bits per heavy atom. The zero-order valence-electron chi connectivity index (χ0n) is 12.2. The molecule has 5 nitrogen and oxygen atoms in total. The topological polar surface area (TPSA) is 73.6 Å². The molecule has 1 aromatic rings. The van der Waals surface area contributed by atoms with Gasteiger partial charge in [-0.15, -0.1) is 0 Å². The van der Waals surface area contributed by atoms with Gasteiger partial charge in [-0.2, -0.15) is 5.26 Å². The summed E-state index contributed by atoms with van der Waals surface area (Å²) in [5.41, 5.74) is 2.84. The summed E-state index contributed by atoms with van der Waals surface area (Å²) in [5, 5.41) is 17.5. The average Bonchev–Trinajstić information content (AvgIpc) is 2.47. The number of hydrogen-bond acceptors (Lipinski definition) is 4. The number of anilines is 1. The van der Waals surface area contributed by atoms with Crippen LogP contribution in [0.15, 0.2) is 18.2 Å². The van der Waals surface area contributed by atoms with Gasteiger partial charge in [-0.25, -0.2) is 0 Å². The number of nitrogens with zero attached hydrogens (tertiary/aromatic N) is 2. The third-order valence-electron chi connectivity index (χ3n) is 3.81. The average molecular weight is 288 g/mol. The van der Waals surface area contributed by atoms with Crippen molar-refractivity contribution in [2.45, 2.75) is 32.3 Å². The van der Waals surface area contributed by atoms with Gasteiger partial charge in [-0.05, 0) is 43.5 Å². The van der Waals surface area contributed by atoms with Crippen LogP contribution in [0.4, 0.5) is 5.69 Å². The standard InChI is InChI=1S/C16H20N2O3/c1-12-10-14(3-2-13(12)11-17)18-7-4-15(5-8-18)21-9-6-16(19)20/h2-3,10,15H,4-9H2,1H3,(H,19,20). The van der Waals surface area contributed by atoms with E-state index in [1.165, 1.54) is 0 Å². The van der Waals surface area contributed by atoms with E-state index < -0.39 is 5.97 Å². The molecule has 1 N–H and O–H groups in total. The summed E-state index contributed by atoms with van der Waals surface area (Å²) in [6.07, 6.45) is 2.02. The van der Waals surface area contributed by atoms with E-state index in [4.69, 9.17) is 15.1 Å². The summed E-state index contributed by atoms with van der Waals surface area (Å²) in [7, 11) is 0. The van der Waals surface area contributed by atoms with Gasteiger partial charge in [0.05, 0.1) is 30.8 Å². The minimum atomic E-state index is -0.819. The van der Waals surface area contributed by atoms with E-state index in [2.05, 4.69) is 11.0 Å². The maximum Gasteiger partial charge on any atom is 0.305 e. The van der Waals surface area contributed by atoms with E-state index in [1.54, 1.807) is 0 Å². The molecule has 1 aliphatic heterocycles. The molecule has 0 bridgehead atoms. The number of ether oxygens (including phenoxy) is 1. The van der Waals surface area contributed by atoms with Gasteiger partial charge in [0.25, 0.3) is 0 Å². The first-order valence-corrected chi connectivity index (χ1v) is 7.19. The van der Waals surface area contributed by atoms with Crippen LogP contribution in [0.3, 0.4) is 0 Å². The molecule has 2 rings (SSSR count). The molecule has 112 valence electrons. The number of benzene rings is 1. The predicted octanol–water partition coefficient (Wildman–Crippen LogP) is 2.33. The molecule has 1 saturated heterocycles. The lowest BCUT2D eigenvalue weighted by Gasteiger charge is -2.33. The number of hydrogen-bond donors (Lipinski definition) is 1. The van der Waals surface area contributed by atoms with Crippen LogP contribution in [-0.2, 0) is 9.53 Å². The maximum absolute atomic E-state index is 10.5. The minimum Gasteiger partial charge on any atom is -0.481 e. The van der Waals surface area contributed by atoms with Gasteiger partial charge in [0, 0.05) is 18.8 Å². The molecule has 21 heavy (non-hydrogen) atoms. The SMILES string of the molecule is Cc1cc(N2CCC(OCCC(=O)O)CC2)ccc1C#N. The molecule has 1 heterocycles. The molecule has 0 radical (unpaired) electrons. The number of aryl methyl sites for hydroxylation is 1. The number of aliphatic carboxylic acids is 1.